The summed E-state index contributed by atoms with van der Waals surface area (Å²) in [5, 5.41) is 3.16. The first kappa shape index (κ1) is 13.1. The molecule has 0 unspecified atom stereocenters. The lowest BCUT2D eigenvalue weighted by Gasteiger charge is -2.08. The minimum atomic E-state index is -0.448. The Bertz CT molecular complexity index is 690. The fourth-order valence-corrected chi connectivity index (χ4v) is 2.46. The fourth-order valence-electron chi connectivity index (χ4n) is 2.10. The summed E-state index contributed by atoms with van der Waals surface area (Å²) in [5.74, 6) is 0.0261. The van der Waals surface area contributed by atoms with Crippen LogP contribution in [-0.4, -0.2) is 28.0 Å². The van der Waals surface area contributed by atoms with E-state index in [1.165, 1.54) is 7.11 Å². The standard InChI is InChI=1S/C13H11BrN4O2/c1-20-13(19)11-9-5-16-6-10(9)17-12(18-11)7-2-8(14)4-15-3-7/h2-4,16H,5-6H2,1H3. The van der Waals surface area contributed by atoms with Crippen LogP contribution in [0, 0.1) is 0 Å². The van der Waals surface area contributed by atoms with E-state index in [2.05, 4.69) is 36.2 Å². The number of nitrogens with zero attached hydrogens (tertiary/aromatic N) is 3. The molecule has 20 heavy (non-hydrogen) atoms. The van der Waals surface area contributed by atoms with Crippen LogP contribution in [0.1, 0.15) is 21.7 Å². The summed E-state index contributed by atoms with van der Waals surface area (Å²) >= 11 is 3.36. The van der Waals surface area contributed by atoms with E-state index >= 15 is 0 Å². The van der Waals surface area contributed by atoms with Gasteiger partial charge in [-0.15, -0.1) is 0 Å². The van der Waals surface area contributed by atoms with Gasteiger partial charge in [-0.05, 0) is 22.0 Å². The Morgan fingerprint density at radius 3 is 2.95 bits per heavy atom. The van der Waals surface area contributed by atoms with E-state index in [0.29, 0.717) is 24.6 Å². The van der Waals surface area contributed by atoms with Crippen molar-refractivity contribution in [3.05, 3.63) is 39.9 Å². The third-order valence-electron chi connectivity index (χ3n) is 3.03. The van der Waals surface area contributed by atoms with Gasteiger partial charge >= 0.3 is 5.97 Å². The summed E-state index contributed by atoms with van der Waals surface area (Å²) in [6.45, 7) is 1.20. The largest absolute Gasteiger partial charge is 0.464 e. The number of esters is 1. The Hall–Kier alpha value is -1.86. The molecule has 3 rings (SSSR count). The van der Waals surface area contributed by atoms with Crippen LogP contribution in [0.5, 0.6) is 0 Å². The molecule has 0 fully saturated rings. The van der Waals surface area contributed by atoms with Gasteiger partial charge in [-0.3, -0.25) is 4.98 Å². The van der Waals surface area contributed by atoms with Gasteiger partial charge in [0.2, 0.25) is 0 Å². The number of carbonyl (C=O) groups excluding carboxylic acids is 1. The van der Waals surface area contributed by atoms with Crippen molar-refractivity contribution in [2.24, 2.45) is 0 Å². The molecule has 0 aromatic carbocycles. The zero-order valence-electron chi connectivity index (χ0n) is 10.7. The summed E-state index contributed by atoms with van der Waals surface area (Å²) in [6, 6.07) is 1.86. The maximum atomic E-state index is 11.9. The Morgan fingerprint density at radius 2 is 2.20 bits per heavy atom. The van der Waals surface area contributed by atoms with Crippen molar-refractivity contribution < 1.29 is 9.53 Å². The highest BCUT2D eigenvalue weighted by Crippen LogP contribution is 2.24. The molecule has 2 aromatic rings. The molecule has 3 heterocycles. The zero-order valence-corrected chi connectivity index (χ0v) is 12.3. The summed E-state index contributed by atoms with van der Waals surface area (Å²) < 4.78 is 5.62. The maximum absolute atomic E-state index is 11.9. The molecule has 0 bridgehead atoms. The monoisotopic (exact) mass is 334 g/mol. The second-order valence-corrected chi connectivity index (χ2v) is 5.22. The molecule has 6 nitrogen and oxygen atoms in total. The Labute approximate surface area is 123 Å². The molecule has 1 aliphatic heterocycles. The topological polar surface area (TPSA) is 77.0 Å². The van der Waals surface area contributed by atoms with E-state index in [9.17, 15) is 4.79 Å². The first-order valence-electron chi connectivity index (χ1n) is 5.99. The quantitative estimate of drug-likeness (QED) is 0.842. The van der Waals surface area contributed by atoms with Gasteiger partial charge in [0.05, 0.1) is 12.8 Å². The predicted octanol–water partition coefficient (Wildman–Crippen LogP) is 1.69. The van der Waals surface area contributed by atoms with Crippen molar-refractivity contribution in [2.75, 3.05) is 7.11 Å². The van der Waals surface area contributed by atoms with E-state index in [0.717, 1.165) is 21.3 Å². The number of ether oxygens (including phenoxy) is 1. The molecule has 7 heteroatoms. The van der Waals surface area contributed by atoms with Crippen LogP contribution in [-0.2, 0) is 17.8 Å². The SMILES string of the molecule is COC(=O)c1nc(-c2cncc(Br)c2)nc2c1CNC2. The molecule has 1 N–H and O–H groups in total. The van der Waals surface area contributed by atoms with Gasteiger partial charge in [0.25, 0.3) is 0 Å². The molecular weight excluding hydrogens is 324 g/mol. The van der Waals surface area contributed by atoms with Crippen LogP contribution in [0.3, 0.4) is 0 Å². The average molecular weight is 335 g/mol. The van der Waals surface area contributed by atoms with Crippen LogP contribution in [0.2, 0.25) is 0 Å². The van der Waals surface area contributed by atoms with Crippen LogP contribution >= 0.6 is 15.9 Å². The third-order valence-corrected chi connectivity index (χ3v) is 3.46. The minimum absolute atomic E-state index is 0.317. The highest BCUT2D eigenvalue weighted by Gasteiger charge is 2.24. The summed E-state index contributed by atoms with van der Waals surface area (Å²) in [4.78, 5) is 24.8. The van der Waals surface area contributed by atoms with Crippen LogP contribution in [0.15, 0.2) is 22.9 Å². The van der Waals surface area contributed by atoms with Gasteiger partial charge in [-0.25, -0.2) is 14.8 Å². The fraction of sp³-hybridized carbons (Fsp3) is 0.231. The van der Waals surface area contributed by atoms with Crippen LogP contribution in [0.25, 0.3) is 11.4 Å². The normalized spacial score (nSPS) is 13.1. The summed E-state index contributed by atoms with van der Waals surface area (Å²) in [7, 11) is 1.35. The molecule has 0 saturated heterocycles. The third kappa shape index (κ3) is 2.30. The lowest BCUT2D eigenvalue weighted by atomic mass is 10.1. The highest BCUT2D eigenvalue weighted by atomic mass is 79.9. The van der Waals surface area contributed by atoms with E-state index in [-0.39, 0.29) is 0 Å². The minimum Gasteiger partial charge on any atom is -0.464 e. The lowest BCUT2D eigenvalue weighted by molar-refractivity contribution is 0.0592. The van der Waals surface area contributed by atoms with E-state index in [4.69, 9.17) is 4.74 Å². The molecule has 0 spiro atoms. The summed E-state index contributed by atoms with van der Waals surface area (Å²) in [5.41, 5.74) is 2.70. The first-order valence-corrected chi connectivity index (χ1v) is 6.78. The zero-order chi connectivity index (χ0) is 14.1. The van der Waals surface area contributed by atoms with Crippen molar-refractivity contribution in [3.8, 4) is 11.4 Å². The van der Waals surface area contributed by atoms with Gasteiger partial charge < -0.3 is 10.1 Å². The van der Waals surface area contributed by atoms with Gasteiger partial charge in [0.15, 0.2) is 11.5 Å². The van der Waals surface area contributed by atoms with E-state index < -0.39 is 5.97 Å². The van der Waals surface area contributed by atoms with Crippen LogP contribution < -0.4 is 5.32 Å². The maximum Gasteiger partial charge on any atom is 0.357 e. The number of halogens is 1. The van der Waals surface area contributed by atoms with Gasteiger partial charge in [-0.1, -0.05) is 0 Å². The number of hydrogen-bond acceptors (Lipinski definition) is 6. The number of aromatic nitrogens is 3. The van der Waals surface area contributed by atoms with Crippen molar-refractivity contribution in [1.29, 1.82) is 0 Å². The van der Waals surface area contributed by atoms with Crippen molar-refractivity contribution >= 4 is 21.9 Å². The Kier molecular flexibility index (Phi) is 3.45. The number of fused-ring (bicyclic) bond motifs is 1. The van der Waals surface area contributed by atoms with Crippen molar-refractivity contribution in [1.82, 2.24) is 20.3 Å². The molecule has 102 valence electrons. The molecule has 0 radical (unpaired) electrons. The Morgan fingerprint density at radius 1 is 1.35 bits per heavy atom. The molecule has 0 saturated carbocycles. The number of nitrogens with one attached hydrogen (secondary N) is 1. The predicted molar refractivity (Wildman–Crippen MR) is 74.8 cm³/mol. The molecule has 0 aliphatic carbocycles. The molecular formula is C13H11BrN4O2. The molecule has 0 amide bonds. The molecule has 1 aliphatic rings. The highest BCUT2D eigenvalue weighted by molar-refractivity contribution is 9.10. The Balaban J connectivity index is 2.16. The number of hydrogen-bond donors (Lipinski definition) is 1. The number of rotatable bonds is 2. The second kappa shape index (κ2) is 5.26. The van der Waals surface area contributed by atoms with Gasteiger partial charge in [-0.2, -0.15) is 0 Å². The number of methoxy groups -OCH3 is 1. The number of carbonyl (C=O) groups is 1. The number of pyridine rings is 1. The second-order valence-electron chi connectivity index (χ2n) is 4.31. The van der Waals surface area contributed by atoms with Crippen molar-refractivity contribution in [2.45, 2.75) is 13.1 Å². The van der Waals surface area contributed by atoms with Gasteiger partial charge in [0, 0.05) is 41.1 Å². The average Bonchev–Trinajstić information content (AvgIpc) is 2.93. The van der Waals surface area contributed by atoms with Crippen LogP contribution in [0.4, 0.5) is 0 Å². The molecule has 2 aromatic heterocycles. The summed E-state index contributed by atoms with van der Waals surface area (Å²) in [6.07, 6.45) is 3.34. The van der Waals surface area contributed by atoms with Crippen molar-refractivity contribution in [3.63, 3.8) is 0 Å². The van der Waals surface area contributed by atoms with E-state index in [1.807, 2.05) is 6.07 Å². The van der Waals surface area contributed by atoms with E-state index in [1.54, 1.807) is 12.4 Å². The van der Waals surface area contributed by atoms with Gasteiger partial charge in [0.1, 0.15) is 0 Å². The smallest absolute Gasteiger partial charge is 0.357 e. The first-order chi connectivity index (χ1) is 9.69. The lowest BCUT2D eigenvalue weighted by Crippen LogP contribution is -2.11. The molecule has 0 atom stereocenters.